The van der Waals surface area contributed by atoms with Gasteiger partial charge in [-0.25, -0.2) is 4.79 Å². The van der Waals surface area contributed by atoms with E-state index in [4.69, 9.17) is 23.7 Å². The summed E-state index contributed by atoms with van der Waals surface area (Å²) < 4.78 is 30.4. The summed E-state index contributed by atoms with van der Waals surface area (Å²) >= 11 is 0. The lowest BCUT2D eigenvalue weighted by molar-refractivity contribution is -0.358. The molecule has 0 bridgehead atoms. The quantitative estimate of drug-likeness (QED) is 0.0981. The molecule has 354 valence electrons. The minimum atomic E-state index is -1.74. The van der Waals surface area contributed by atoms with Crippen LogP contribution < -0.4 is 0 Å². The molecule has 20 atom stereocenters. The molecule has 7 aliphatic rings. The van der Waals surface area contributed by atoms with E-state index < -0.39 is 108 Å². The number of hydrogen-bond acceptors (Lipinski definition) is 15. The molecule has 0 amide bonds. The van der Waals surface area contributed by atoms with Crippen molar-refractivity contribution in [3.8, 4) is 0 Å². The highest BCUT2D eigenvalue weighted by atomic mass is 16.7. The predicted molar refractivity (Wildman–Crippen MR) is 225 cm³/mol. The van der Waals surface area contributed by atoms with Crippen molar-refractivity contribution in [2.24, 2.45) is 50.2 Å². The van der Waals surface area contributed by atoms with Crippen molar-refractivity contribution in [1.29, 1.82) is 0 Å². The second-order valence-corrected chi connectivity index (χ2v) is 22.0. The first-order valence-corrected chi connectivity index (χ1v) is 23.1. The number of rotatable bonds is 9. The lowest BCUT2D eigenvalue weighted by Gasteiger charge is -2.72. The highest BCUT2D eigenvalue weighted by molar-refractivity contribution is 5.89. The molecule has 9 N–H and O–H groups in total. The fourth-order valence-electron chi connectivity index (χ4n) is 14.4. The molecule has 4 saturated carbocycles. The van der Waals surface area contributed by atoms with Crippen LogP contribution in [0.3, 0.4) is 0 Å². The van der Waals surface area contributed by atoms with E-state index in [1.165, 1.54) is 5.57 Å². The average Bonchev–Trinajstić information content (AvgIpc) is 3.25. The Morgan fingerprint density at radius 2 is 1.48 bits per heavy atom. The zero-order valence-corrected chi connectivity index (χ0v) is 37.6. The number of aliphatic hydroxyl groups excluding tert-OH is 9. The standard InChI is InChI=1S/C48H72O15/c1-43(2)18-27-26-12-13-31-44(3)16-15-33(62-41-38(57)39(28(52)22-59-41)63-42-37(56)36(55)35(54)29(21-49)60-42)45(4,23-50)30(44)14-17-46(31,5)47(26,6)20-34(48(27,24-51)19-32(43)53)61-40(58)25-10-8-7-9-11-25/h7-12,27-39,41-42,49-57H,13-24H2,1-6H3/t27-,28+,29+,30+,31+,32-,33-,34-,35+,36-,37-,38+,39+,41-,42-,44-,45-,46+,47+,48-/m0/s1. The summed E-state index contributed by atoms with van der Waals surface area (Å²) in [5.41, 5.74) is -1.35. The Hall–Kier alpha value is -2.09. The van der Waals surface area contributed by atoms with Crippen LogP contribution in [0.15, 0.2) is 42.0 Å². The first-order valence-electron chi connectivity index (χ1n) is 23.1. The number of carbonyl (C=O) groups is 1. The van der Waals surface area contributed by atoms with Gasteiger partial charge in [0.1, 0.15) is 48.8 Å². The number of allylic oxidation sites excluding steroid dienone is 2. The third-order valence-corrected chi connectivity index (χ3v) is 18.5. The number of esters is 1. The molecule has 63 heavy (non-hydrogen) atoms. The Bertz CT molecular complexity index is 1840. The van der Waals surface area contributed by atoms with E-state index >= 15 is 0 Å². The molecule has 15 nitrogen and oxygen atoms in total. The zero-order valence-electron chi connectivity index (χ0n) is 37.6. The molecule has 8 rings (SSSR count). The number of carbonyl (C=O) groups excluding carboxylic acids is 1. The Morgan fingerprint density at radius 3 is 2.14 bits per heavy atom. The van der Waals surface area contributed by atoms with E-state index in [0.717, 1.165) is 25.7 Å². The van der Waals surface area contributed by atoms with Gasteiger partial charge in [-0.15, -0.1) is 0 Å². The molecule has 6 fully saturated rings. The summed E-state index contributed by atoms with van der Waals surface area (Å²) in [5.74, 6) is -0.437. The van der Waals surface area contributed by atoms with Gasteiger partial charge in [-0.2, -0.15) is 0 Å². The summed E-state index contributed by atoms with van der Waals surface area (Å²) in [4.78, 5) is 13.9. The molecule has 2 saturated heterocycles. The molecule has 0 unspecified atom stereocenters. The Morgan fingerprint density at radius 1 is 0.762 bits per heavy atom. The van der Waals surface area contributed by atoms with Crippen LogP contribution in [0.25, 0.3) is 0 Å². The van der Waals surface area contributed by atoms with Gasteiger partial charge in [0.15, 0.2) is 12.6 Å². The summed E-state index contributed by atoms with van der Waals surface area (Å²) in [7, 11) is 0. The zero-order chi connectivity index (χ0) is 45.7. The van der Waals surface area contributed by atoms with E-state index in [0.29, 0.717) is 31.2 Å². The predicted octanol–water partition coefficient (Wildman–Crippen LogP) is 2.21. The smallest absolute Gasteiger partial charge is 0.338 e. The molecule has 5 aliphatic carbocycles. The number of hydrogen-bond donors (Lipinski definition) is 9. The van der Waals surface area contributed by atoms with Crippen molar-refractivity contribution in [3.63, 3.8) is 0 Å². The molecule has 15 heteroatoms. The third-order valence-electron chi connectivity index (χ3n) is 18.5. The monoisotopic (exact) mass is 888 g/mol. The van der Waals surface area contributed by atoms with Gasteiger partial charge in [0.2, 0.25) is 0 Å². The lowest BCUT2D eigenvalue weighted by atomic mass is 9.33. The first-order chi connectivity index (χ1) is 29.7. The SMILES string of the molecule is CC1(C)C[C@H]2C3=CC[C@@H]4[C@@]5(C)CC[C@H](O[C@@H]6OC[C@@H](O)[C@@H](O[C@@H]7O[C@H](CO)[C@@H](O)[C@H](O)[C@@H]7O)[C@H]6O)[C@@](C)(CO)[C@@H]5CC[C@@]4(C)[C@]3(C)C[C@H](OC(=O)c3ccccc3)[C@]2(CO)C[C@@H]1O. The van der Waals surface area contributed by atoms with Crippen LogP contribution in [-0.4, -0.2) is 152 Å². The molecular weight excluding hydrogens is 817 g/mol. The fourth-order valence-corrected chi connectivity index (χ4v) is 14.4. The van der Waals surface area contributed by atoms with Crippen molar-refractivity contribution in [3.05, 3.63) is 47.5 Å². The van der Waals surface area contributed by atoms with Gasteiger partial charge < -0.3 is 69.6 Å². The van der Waals surface area contributed by atoms with Gasteiger partial charge in [-0.3, -0.25) is 0 Å². The highest BCUT2D eigenvalue weighted by Gasteiger charge is 2.72. The largest absolute Gasteiger partial charge is 0.458 e. The maximum Gasteiger partial charge on any atom is 0.338 e. The van der Waals surface area contributed by atoms with E-state index in [1.54, 1.807) is 24.3 Å². The van der Waals surface area contributed by atoms with Crippen LogP contribution in [0.1, 0.15) is 103 Å². The van der Waals surface area contributed by atoms with Crippen molar-refractivity contribution in [2.45, 2.75) is 167 Å². The van der Waals surface area contributed by atoms with E-state index in [9.17, 15) is 50.8 Å². The molecule has 0 spiro atoms. The maximum atomic E-state index is 13.9. The van der Waals surface area contributed by atoms with Crippen LogP contribution in [0, 0.1) is 50.2 Å². The van der Waals surface area contributed by atoms with Crippen molar-refractivity contribution in [2.75, 3.05) is 26.4 Å². The van der Waals surface area contributed by atoms with Crippen LogP contribution in [0.4, 0.5) is 0 Å². The second-order valence-electron chi connectivity index (χ2n) is 22.0. The second kappa shape index (κ2) is 16.9. The Kier molecular flexibility index (Phi) is 12.7. The Labute approximate surface area is 370 Å². The summed E-state index contributed by atoms with van der Waals surface area (Å²) in [6.45, 7) is 11.9. The normalized spacial score (nSPS) is 50.5. The molecule has 2 aliphatic heterocycles. The van der Waals surface area contributed by atoms with Crippen LogP contribution >= 0.6 is 0 Å². The molecular formula is C48H72O15. The van der Waals surface area contributed by atoms with Gasteiger partial charge in [-0.05, 0) is 103 Å². The Balaban J connectivity index is 1.06. The van der Waals surface area contributed by atoms with E-state index in [2.05, 4.69) is 40.7 Å². The van der Waals surface area contributed by atoms with Crippen LogP contribution in [-0.2, 0) is 23.7 Å². The van der Waals surface area contributed by atoms with Gasteiger partial charge in [0.25, 0.3) is 0 Å². The summed E-state index contributed by atoms with van der Waals surface area (Å²) in [6, 6.07) is 8.92. The number of benzene rings is 1. The van der Waals surface area contributed by atoms with E-state index in [-0.39, 0.29) is 48.4 Å². The maximum absolute atomic E-state index is 13.9. The fraction of sp³-hybridized carbons (Fsp3) is 0.812. The minimum Gasteiger partial charge on any atom is -0.458 e. The van der Waals surface area contributed by atoms with E-state index in [1.807, 2.05) is 13.0 Å². The van der Waals surface area contributed by atoms with Gasteiger partial charge in [0.05, 0.1) is 44.2 Å². The first kappa shape index (κ1) is 47.4. The van der Waals surface area contributed by atoms with Crippen molar-refractivity contribution < 1.29 is 74.4 Å². The summed E-state index contributed by atoms with van der Waals surface area (Å²) in [6.07, 6.45) is -8.01. The lowest BCUT2D eigenvalue weighted by Crippen LogP contribution is -2.69. The van der Waals surface area contributed by atoms with Crippen LogP contribution in [0.5, 0.6) is 0 Å². The van der Waals surface area contributed by atoms with Crippen LogP contribution in [0.2, 0.25) is 0 Å². The topological polar surface area (TPSA) is 245 Å². The number of fused-ring (bicyclic) bond motifs is 7. The minimum absolute atomic E-state index is 0.0200. The molecule has 0 aromatic heterocycles. The highest BCUT2D eigenvalue weighted by Crippen LogP contribution is 2.76. The molecule has 2 heterocycles. The average molecular weight is 889 g/mol. The number of ether oxygens (including phenoxy) is 5. The number of aliphatic hydroxyl groups is 9. The molecule has 0 radical (unpaired) electrons. The van der Waals surface area contributed by atoms with Crippen molar-refractivity contribution in [1.82, 2.24) is 0 Å². The van der Waals surface area contributed by atoms with Gasteiger partial charge >= 0.3 is 5.97 Å². The van der Waals surface area contributed by atoms with Gasteiger partial charge in [0, 0.05) is 10.8 Å². The molecule has 1 aromatic rings. The van der Waals surface area contributed by atoms with Gasteiger partial charge in [-0.1, -0.05) is 71.4 Å². The molecule has 1 aromatic carbocycles. The summed E-state index contributed by atoms with van der Waals surface area (Å²) in [5, 5.41) is 97.7. The third kappa shape index (κ3) is 7.30. The van der Waals surface area contributed by atoms with Crippen molar-refractivity contribution >= 4 is 5.97 Å².